The Kier molecular flexibility index (Phi) is 4.22. The van der Waals surface area contributed by atoms with Gasteiger partial charge in [-0.1, -0.05) is 12.8 Å². The number of ether oxygens (including phenoxy) is 1. The number of rotatable bonds is 9. The molecule has 3 nitrogen and oxygen atoms in total. The van der Waals surface area contributed by atoms with Crippen molar-refractivity contribution in [3.05, 3.63) is 0 Å². The highest BCUT2D eigenvalue weighted by Gasteiger charge is 2.43. The van der Waals surface area contributed by atoms with Crippen LogP contribution in [-0.2, 0) is 4.74 Å². The van der Waals surface area contributed by atoms with Crippen LogP contribution in [0, 0.1) is 11.8 Å². The largest absolute Gasteiger partial charge is 0.383 e. The van der Waals surface area contributed by atoms with Crippen LogP contribution in [0.15, 0.2) is 0 Å². The van der Waals surface area contributed by atoms with Gasteiger partial charge < -0.3 is 15.8 Å². The summed E-state index contributed by atoms with van der Waals surface area (Å²) in [5.41, 5.74) is 6.01. The minimum Gasteiger partial charge on any atom is -0.383 e. The van der Waals surface area contributed by atoms with Gasteiger partial charge in [0.2, 0.25) is 0 Å². The van der Waals surface area contributed by atoms with Crippen molar-refractivity contribution in [2.45, 2.75) is 44.1 Å². The van der Waals surface area contributed by atoms with Crippen LogP contribution in [0.5, 0.6) is 0 Å². The molecule has 16 heavy (non-hydrogen) atoms. The van der Waals surface area contributed by atoms with Crippen molar-refractivity contribution in [3.8, 4) is 0 Å². The first-order chi connectivity index (χ1) is 7.80. The van der Waals surface area contributed by atoms with E-state index in [-0.39, 0.29) is 5.54 Å². The van der Waals surface area contributed by atoms with E-state index in [0.29, 0.717) is 6.54 Å². The summed E-state index contributed by atoms with van der Waals surface area (Å²) in [5, 5.41) is 3.68. The number of nitrogens with two attached hydrogens (primary N) is 1. The third-order valence-corrected chi connectivity index (χ3v) is 4.09. The molecule has 0 aromatic rings. The van der Waals surface area contributed by atoms with E-state index in [9.17, 15) is 0 Å². The standard InChI is InChI=1S/C13H26N2O/c1-16-10-13(9-14,12-6-7-12)15-8-2-3-11-4-5-11/h11-12,15H,2-10,14H2,1H3. The molecule has 0 bridgehead atoms. The third kappa shape index (κ3) is 3.19. The van der Waals surface area contributed by atoms with Crippen LogP contribution in [0.4, 0.5) is 0 Å². The van der Waals surface area contributed by atoms with Crippen LogP contribution < -0.4 is 11.1 Å². The molecule has 1 unspecified atom stereocenters. The van der Waals surface area contributed by atoms with E-state index in [1.165, 1.54) is 38.5 Å². The Hall–Kier alpha value is -0.120. The molecule has 2 saturated carbocycles. The SMILES string of the molecule is COCC(CN)(NCCCC1CC1)C1CC1. The first-order valence-electron chi connectivity index (χ1n) is 6.75. The van der Waals surface area contributed by atoms with Crippen LogP contribution in [0.25, 0.3) is 0 Å². The summed E-state index contributed by atoms with van der Waals surface area (Å²) in [4.78, 5) is 0. The van der Waals surface area contributed by atoms with E-state index < -0.39 is 0 Å². The maximum Gasteiger partial charge on any atom is 0.0659 e. The highest BCUT2D eigenvalue weighted by atomic mass is 16.5. The van der Waals surface area contributed by atoms with Crippen molar-refractivity contribution in [2.24, 2.45) is 17.6 Å². The lowest BCUT2D eigenvalue weighted by molar-refractivity contribution is 0.0984. The topological polar surface area (TPSA) is 47.3 Å². The van der Waals surface area contributed by atoms with Crippen molar-refractivity contribution in [1.82, 2.24) is 5.32 Å². The average molecular weight is 226 g/mol. The van der Waals surface area contributed by atoms with Crippen LogP contribution in [0.3, 0.4) is 0 Å². The molecule has 1 atom stereocenters. The Bertz CT molecular complexity index is 214. The number of hydrogen-bond acceptors (Lipinski definition) is 3. The van der Waals surface area contributed by atoms with Crippen LogP contribution in [0.2, 0.25) is 0 Å². The lowest BCUT2D eigenvalue weighted by Gasteiger charge is -2.33. The number of hydrogen-bond donors (Lipinski definition) is 2. The van der Waals surface area contributed by atoms with E-state index in [0.717, 1.165) is 25.0 Å². The fourth-order valence-electron chi connectivity index (χ4n) is 2.64. The summed E-state index contributed by atoms with van der Waals surface area (Å²) < 4.78 is 5.35. The molecule has 0 amide bonds. The molecule has 3 heteroatoms. The quantitative estimate of drug-likeness (QED) is 0.586. The Balaban J connectivity index is 1.71. The molecule has 2 rings (SSSR count). The number of nitrogens with one attached hydrogen (secondary N) is 1. The van der Waals surface area contributed by atoms with Gasteiger partial charge in [-0.15, -0.1) is 0 Å². The molecule has 0 spiro atoms. The molecule has 0 heterocycles. The van der Waals surface area contributed by atoms with Gasteiger partial charge in [0.1, 0.15) is 0 Å². The van der Waals surface area contributed by atoms with Gasteiger partial charge >= 0.3 is 0 Å². The summed E-state index contributed by atoms with van der Waals surface area (Å²) in [6.45, 7) is 2.57. The van der Waals surface area contributed by atoms with E-state index in [1.54, 1.807) is 7.11 Å². The van der Waals surface area contributed by atoms with Crippen molar-refractivity contribution < 1.29 is 4.74 Å². The summed E-state index contributed by atoms with van der Waals surface area (Å²) in [5.74, 6) is 1.79. The van der Waals surface area contributed by atoms with Gasteiger partial charge in [0, 0.05) is 13.7 Å². The molecule has 2 aliphatic carbocycles. The molecule has 0 aromatic carbocycles. The molecule has 0 aromatic heterocycles. The van der Waals surface area contributed by atoms with E-state index in [4.69, 9.17) is 10.5 Å². The highest BCUT2D eigenvalue weighted by Crippen LogP contribution is 2.39. The van der Waals surface area contributed by atoms with Gasteiger partial charge in [-0.2, -0.15) is 0 Å². The molecule has 2 fully saturated rings. The normalized spacial score (nSPS) is 24.4. The summed E-state index contributed by atoms with van der Waals surface area (Å²) in [6.07, 6.45) is 8.24. The molecular formula is C13H26N2O. The maximum absolute atomic E-state index is 5.95. The predicted molar refractivity (Wildman–Crippen MR) is 66.3 cm³/mol. The zero-order chi connectivity index (χ0) is 11.4. The zero-order valence-corrected chi connectivity index (χ0v) is 10.5. The Morgan fingerprint density at radius 3 is 2.56 bits per heavy atom. The molecule has 0 saturated heterocycles. The van der Waals surface area contributed by atoms with E-state index in [1.807, 2.05) is 0 Å². The maximum atomic E-state index is 5.95. The monoisotopic (exact) mass is 226 g/mol. The van der Waals surface area contributed by atoms with Gasteiger partial charge in [0.25, 0.3) is 0 Å². The van der Waals surface area contributed by atoms with E-state index >= 15 is 0 Å². The van der Waals surface area contributed by atoms with Crippen molar-refractivity contribution in [3.63, 3.8) is 0 Å². The first kappa shape index (κ1) is 12.3. The molecule has 0 aliphatic heterocycles. The molecule has 0 radical (unpaired) electrons. The van der Waals surface area contributed by atoms with Crippen molar-refractivity contribution in [2.75, 3.05) is 26.8 Å². The predicted octanol–water partition coefficient (Wildman–Crippen LogP) is 1.52. The molecular weight excluding hydrogens is 200 g/mol. The fraction of sp³-hybridized carbons (Fsp3) is 1.00. The van der Waals surface area contributed by atoms with Crippen LogP contribution in [0.1, 0.15) is 38.5 Å². The average Bonchev–Trinajstić information content (AvgIpc) is 3.16. The lowest BCUT2D eigenvalue weighted by atomic mass is 9.94. The zero-order valence-electron chi connectivity index (χ0n) is 10.5. The van der Waals surface area contributed by atoms with Crippen LogP contribution >= 0.6 is 0 Å². The second kappa shape index (κ2) is 5.48. The first-order valence-corrected chi connectivity index (χ1v) is 6.75. The summed E-state index contributed by atoms with van der Waals surface area (Å²) in [7, 11) is 1.78. The second-order valence-corrected chi connectivity index (χ2v) is 5.58. The molecule has 2 aliphatic rings. The Labute approximate surface area is 99.1 Å². The third-order valence-electron chi connectivity index (χ3n) is 4.09. The fourth-order valence-corrected chi connectivity index (χ4v) is 2.64. The van der Waals surface area contributed by atoms with Gasteiger partial charge in [-0.25, -0.2) is 0 Å². The second-order valence-electron chi connectivity index (χ2n) is 5.58. The van der Waals surface area contributed by atoms with Gasteiger partial charge in [0.05, 0.1) is 12.1 Å². The summed E-state index contributed by atoms with van der Waals surface area (Å²) in [6, 6.07) is 0. The number of methoxy groups -OCH3 is 1. The van der Waals surface area contributed by atoms with Crippen LogP contribution in [-0.4, -0.2) is 32.3 Å². The smallest absolute Gasteiger partial charge is 0.0659 e. The van der Waals surface area contributed by atoms with Gasteiger partial charge in [-0.05, 0) is 44.1 Å². The highest BCUT2D eigenvalue weighted by molar-refractivity contribution is 5.02. The minimum atomic E-state index is 0.0678. The van der Waals surface area contributed by atoms with E-state index in [2.05, 4.69) is 5.32 Å². The minimum absolute atomic E-state index is 0.0678. The van der Waals surface area contributed by atoms with Gasteiger partial charge in [-0.3, -0.25) is 0 Å². The summed E-state index contributed by atoms with van der Waals surface area (Å²) >= 11 is 0. The lowest BCUT2D eigenvalue weighted by Crippen LogP contribution is -2.56. The molecule has 3 N–H and O–H groups in total. The Morgan fingerprint density at radius 1 is 1.31 bits per heavy atom. The molecule has 94 valence electrons. The Morgan fingerprint density at radius 2 is 2.06 bits per heavy atom. The van der Waals surface area contributed by atoms with Crippen molar-refractivity contribution in [1.29, 1.82) is 0 Å². The van der Waals surface area contributed by atoms with Gasteiger partial charge in [0.15, 0.2) is 0 Å². The van der Waals surface area contributed by atoms with Crippen molar-refractivity contribution >= 4 is 0 Å².